The van der Waals surface area contributed by atoms with Crippen LogP contribution in [-0.2, 0) is 14.3 Å². The average Bonchev–Trinajstić information content (AvgIpc) is 2.94. The molecule has 1 aliphatic heterocycles. The Bertz CT molecular complexity index is 1190. The van der Waals surface area contributed by atoms with Gasteiger partial charge in [0.1, 0.15) is 11.7 Å². The molecule has 0 radical (unpaired) electrons. The highest BCUT2D eigenvalue weighted by atomic mass is 16.6. The third-order valence-electron chi connectivity index (χ3n) is 5.92. The second-order valence-corrected chi connectivity index (χ2v) is 8.94. The van der Waals surface area contributed by atoms with E-state index in [9.17, 15) is 29.4 Å². The molecule has 2 atom stereocenters. The number of amides is 3. The van der Waals surface area contributed by atoms with E-state index < -0.39 is 36.0 Å². The number of nitrogens with one attached hydrogen (secondary N) is 1. The van der Waals surface area contributed by atoms with Crippen molar-refractivity contribution in [2.24, 2.45) is 0 Å². The van der Waals surface area contributed by atoms with E-state index in [1.807, 2.05) is 6.07 Å². The molecule has 1 aromatic carbocycles. The molecule has 3 rings (SSSR count). The van der Waals surface area contributed by atoms with Gasteiger partial charge in [0.2, 0.25) is 5.91 Å². The molecule has 1 unspecified atom stereocenters. The van der Waals surface area contributed by atoms with Gasteiger partial charge in [-0.3, -0.25) is 14.4 Å². The number of rotatable bonds is 10. The summed E-state index contributed by atoms with van der Waals surface area (Å²) in [5.74, 6) is -1.94. The zero-order valence-corrected chi connectivity index (χ0v) is 21.9. The summed E-state index contributed by atoms with van der Waals surface area (Å²) in [6, 6.07) is 9.33. The van der Waals surface area contributed by atoms with Crippen LogP contribution in [0.4, 0.5) is 4.79 Å². The Balaban J connectivity index is 1.82. The fourth-order valence-electron chi connectivity index (χ4n) is 3.92. The molecule has 1 aliphatic rings. The second-order valence-electron chi connectivity index (χ2n) is 8.94. The number of carboxylic acid groups (broad SMARTS) is 1. The van der Waals surface area contributed by atoms with E-state index in [1.165, 1.54) is 21.9 Å². The molecule has 1 aromatic heterocycles. The highest BCUT2D eigenvalue weighted by Crippen LogP contribution is 2.17. The van der Waals surface area contributed by atoms with Crippen molar-refractivity contribution in [2.75, 3.05) is 32.8 Å². The SMILES string of the molecule is CCOC(=O)N1CCN(C(=O)[C@H](CCC(=O)O)NC(=O)c2cc(C=CC(C)O)nc(-c3ccccc3)n2)CC1. The number of hydrogen-bond donors (Lipinski definition) is 3. The summed E-state index contributed by atoms with van der Waals surface area (Å²) in [5.41, 5.74) is 1.02. The summed E-state index contributed by atoms with van der Waals surface area (Å²) in [7, 11) is 0. The Labute approximate surface area is 226 Å². The number of nitrogens with zero attached hydrogens (tertiary/aromatic N) is 4. The topological polar surface area (TPSA) is 162 Å². The number of carboxylic acids is 1. The van der Waals surface area contributed by atoms with Crippen molar-refractivity contribution >= 4 is 30.0 Å². The van der Waals surface area contributed by atoms with Crippen molar-refractivity contribution in [3.63, 3.8) is 0 Å². The number of carbonyl (C=O) groups excluding carboxylic acids is 3. The molecule has 3 N–H and O–H groups in total. The van der Waals surface area contributed by atoms with Crippen LogP contribution in [0.5, 0.6) is 0 Å². The van der Waals surface area contributed by atoms with Crippen molar-refractivity contribution in [3.05, 3.63) is 53.9 Å². The molecule has 2 heterocycles. The minimum absolute atomic E-state index is 0.0191. The third-order valence-corrected chi connectivity index (χ3v) is 5.92. The molecule has 208 valence electrons. The summed E-state index contributed by atoms with van der Waals surface area (Å²) in [6.07, 6.45) is 1.42. The Morgan fingerprint density at radius 1 is 1.08 bits per heavy atom. The Kier molecular flexibility index (Phi) is 10.5. The van der Waals surface area contributed by atoms with Crippen LogP contribution in [0.25, 0.3) is 17.5 Å². The smallest absolute Gasteiger partial charge is 0.409 e. The molecule has 2 aromatic rings. The van der Waals surface area contributed by atoms with E-state index in [2.05, 4.69) is 15.3 Å². The van der Waals surface area contributed by atoms with Gasteiger partial charge in [-0.1, -0.05) is 36.4 Å². The predicted molar refractivity (Wildman–Crippen MR) is 141 cm³/mol. The van der Waals surface area contributed by atoms with Crippen LogP contribution in [0.3, 0.4) is 0 Å². The van der Waals surface area contributed by atoms with Crippen molar-refractivity contribution in [3.8, 4) is 11.4 Å². The highest BCUT2D eigenvalue weighted by molar-refractivity contribution is 5.97. The summed E-state index contributed by atoms with van der Waals surface area (Å²) < 4.78 is 5.00. The lowest BCUT2D eigenvalue weighted by Crippen LogP contribution is -2.56. The largest absolute Gasteiger partial charge is 0.481 e. The first kappa shape index (κ1) is 29.2. The van der Waals surface area contributed by atoms with Crippen LogP contribution in [-0.4, -0.2) is 98.8 Å². The van der Waals surface area contributed by atoms with Gasteiger partial charge in [-0.2, -0.15) is 0 Å². The molecule has 0 aliphatic carbocycles. The van der Waals surface area contributed by atoms with Crippen LogP contribution in [0.1, 0.15) is 42.9 Å². The van der Waals surface area contributed by atoms with Crippen molar-refractivity contribution < 1.29 is 34.1 Å². The first-order chi connectivity index (χ1) is 18.7. The molecule has 1 fully saturated rings. The minimum atomic E-state index is -1.12. The van der Waals surface area contributed by atoms with Gasteiger partial charge < -0.3 is 30.1 Å². The monoisotopic (exact) mass is 539 g/mol. The van der Waals surface area contributed by atoms with Gasteiger partial charge in [-0.15, -0.1) is 0 Å². The molecule has 0 spiro atoms. The van der Waals surface area contributed by atoms with Gasteiger partial charge in [0.15, 0.2) is 5.82 Å². The predicted octanol–water partition coefficient (Wildman–Crippen LogP) is 1.80. The van der Waals surface area contributed by atoms with Crippen molar-refractivity contribution in [1.29, 1.82) is 0 Å². The summed E-state index contributed by atoms with van der Waals surface area (Å²) in [6.45, 7) is 4.49. The maximum absolute atomic E-state index is 13.3. The molecule has 3 amide bonds. The zero-order chi connectivity index (χ0) is 28.4. The molecule has 0 bridgehead atoms. The van der Waals surface area contributed by atoms with Gasteiger partial charge in [-0.05, 0) is 32.4 Å². The molecular weight excluding hydrogens is 506 g/mol. The van der Waals surface area contributed by atoms with Crippen LogP contribution in [0.15, 0.2) is 42.5 Å². The fourth-order valence-corrected chi connectivity index (χ4v) is 3.92. The van der Waals surface area contributed by atoms with E-state index >= 15 is 0 Å². The van der Waals surface area contributed by atoms with E-state index in [-0.39, 0.29) is 57.1 Å². The Hall–Kier alpha value is -4.32. The summed E-state index contributed by atoms with van der Waals surface area (Å²) in [4.78, 5) is 61.7. The number of aliphatic hydroxyl groups excluding tert-OH is 1. The number of benzene rings is 1. The second kappa shape index (κ2) is 14.0. The third kappa shape index (κ3) is 8.60. The Morgan fingerprint density at radius 3 is 2.36 bits per heavy atom. The number of aliphatic hydroxyl groups is 1. The Morgan fingerprint density at radius 2 is 1.74 bits per heavy atom. The van der Waals surface area contributed by atoms with E-state index in [1.54, 1.807) is 44.2 Å². The number of piperazine rings is 1. The van der Waals surface area contributed by atoms with Gasteiger partial charge in [0, 0.05) is 38.2 Å². The number of aliphatic carboxylic acids is 1. The lowest BCUT2D eigenvalue weighted by atomic mass is 10.1. The normalized spacial score (nSPS) is 15.1. The summed E-state index contributed by atoms with van der Waals surface area (Å²) in [5, 5.41) is 21.5. The lowest BCUT2D eigenvalue weighted by Gasteiger charge is -2.35. The number of hydrogen-bond acceptors (Lipinski definition) is 8. The van der Waals surface area contributed by atoms with Crippen LogP contribution in [0, 0.1) is 0 Å². The first-order valence-corrected chi connectivity index (χ1v) is 12.7. The van der Waals surface area contributed by atoms with Gasteiger partial charge >= 0.3 is 12.1 Å². The number of ether oxygens (including phenoxy) is 1. The maximum atomic E-state index is 13.3. The van der Waals surface area contributed by atoms with Crippen molar-refractivity contribution in [2.45, 2.75) is 38.8 Å². The molecule has 12 heteroatoms. The van der Waals surface area contributed by atoms with Crippen LogP contribution >= 0.6 is 0 Å². The molecule has 39 heavy (non-hydrogen) atoms. The van der Waals surface area contributed by atoms with Gasteiger partial charge in [0.05, 0.1) is 18.4 Å². The highest BCUT2D eigenvalue weighted by Gasteiger charge is 2.31. The van der Waals surface area contributed by atoms with Crippen LogP contribution in [0.2, 0.25) is 0 Å². The summed E-state index contributed by atoms with van der Waals surface area (Å²) >= 11 is 0. The van der Waals surface area contributed by atoms with Gasteiger partial charge in [-0.25, -0.2) is 14.8 Å². The minimum Gasteiger partial charge on any atom is -0.481 e. The zero-order valence-electron chi connectivity index (χ0n) is 21.9. The molecule has 12 nitrogen and oxygen atoms in total. The lowest BCUT2D eigenvalue weighted by molar-refractivity contribution is -0.138. The number of aromatic nitrogens is 2. The average molecular weight is 540 g/mol. The van der Waals surface area contributed by atoms with E-state index in [0.29, 0.717) is 11.3 Å². The molecule has 1 saturated heterocycles. The fraction of sp³-hybridized carbons (Fsp3) is 0.407. The molecular formula is C27H33N5O7. The molecule has 0 saturated carbocycles. The van der Waals surface area contributed by atoms with E-state index in [0.717, 1.165) is 0 Å². The van der Waals surface area contributed by atoms with Gasteiger partial charge in [0.25, 0.3) is 5.91 Å². The standard InChI is InChI=1S/C27H33N5O7/c1-3-39-27(38)32-15-13-31(14-16-32)26(37)21(11-12-23(34)35)30-25(36)22-17-20(10-9-18(2)33)28-24(29-22)19-7-5-4-6-8-19/h4-10,17-18,21,33H,3,11-16H2,1-2H3,(H,30,36)(H,34,35)/t18?,21-/m0/s1. The number of carbonyl (C=O) groups is 4. The first-order valence-electron chi connectivity index (χ1n) is 12.7. The van der Waals surface area contributed by atoms with Crippen molar-refractivity contribution in [1.82, 2.24) is 25.1 Å². The van der Waals surface area contributed by atoms with Crippen LogP contribution < -0.4 is 5.32 Å². The maximum Gasteiger partial charge on any atom is 0.409 e. The van der Waals surface area contributed by atoms with E-state index in [4.69, 9.17) is 4.74 Å². The quantitative estimate of drug-likeness (QED) is 0.409.